The Balaban J connectivity index is 2.21. The zero-order chi connectivity index (χ0) is 14.0. The smallest absolute Gasteiger partial charge is 0.128 e. The van der Waals surface area contributed by atoms with Crippen LogP contribution in [0.15, 0.2) is 36.4 Å². The molecule has 3 heteroatoms. The van der Waals surface area contributed by atoms with E-state index in [0.29, 0.717) is 0 Å². The van der Waals surface area contributed by atoms with Crippen molar-refractivity contribution in [2.24, 2.45) is 0 Å². The summed E-state index contributed by atoms with van der Waals surface area (Å²) >= 11 is 6.12. The van der Waals surface area contributed by atoms with E-state index in [9.17, 15) is 5.11 Å². The maximum atomic E-state index is 9.45. The van der Waals surface area contributed by atoms with Crippen molar-refractivity contribution in [2.75, 3.05) is 0 Å². The van der Waals surface area contributed by atoms with Gasteiger partial charge in [0.1, 0.15) is 11.5 Å². The summed E-state index contributed by atoms with van der Waals surface area (Å²) in [5.41, 5.74) is 2.87. The molecule has 0 aliphatic rings. The van der Waals surface area contributed by atoms with Gasteiger partial charge in [0.2, 0.25) is 0 Å². The van der Waals surface area contributed by atoms with Crippen molar-refractivity contribution in [3.8, 4) is 11.5 Å². The van der Waals surface area contributed by atoms with Crippen LogP contribution in [-0.2, 0) is 0 Å². The normalized spacial score (nSPS) is 12.3. The van der Waals surface area contributed by atoms with Gasteiger partial charge >= 0.3 is 0 Å². The lowest BCUT2D eigenvalue weighted by molar-refractivity contribution is 0.199. The molecule has 1 atom stereocenters. The highest BCUT2D eigenvalue weighted by atomic mass is 35.5. The van der Waals surface area contributed by atoms with Crippen LogP contribution in [0.3, 0.4) is 0 Å². The first-order valence-corrected chi connectivity index (χ1v) is 6.58. The van der Waals surface area contributed by atoms with E-state index >= 15 is 0 Å². The van der Waals surface area contributed by atoms with Crippen LogP contribution in [0.4, 0.5) is 0 Å². The van der Waals surface area contributed by atoms with E-state index in [2.05, 4.69) is 0 Å². The molecule has 2 aromatic rings. The third-order valence-corrected chi connectivity index (χ3v) is 3.60. The molecule has 0 unspecified atom stereocenters. The van der Waals surface area contributed by atoms with Crippen LogP contribution in [0.2, 0.25) is 5.02 Å². The number of aliphatic hydroxyl groups is 1. The second-order valence-electron chi connectivity index (χ2n) is 4.72. The molecule has 0 spiro atoms. The summed E-state index contributed by atoms with van der Waals surface area (Å²) in [7, 11) is 0. The van der Waals surface area contributed by atoms with E-state index in [1.165, 1.54) is 0 Å². The minimum absolute atomic E-state index is 0.464. The summed E-state index contributed by atoms with van der Waals surface area (Å²) in [6.45, 7) is 5.65. The number of ether oxygens (including phenoxy) is 1. The van der Waals surface area contributed by atoms with Gasteiger partial charge in [0.05, 0.1) is 6.10 Å². The largest absolute Gasteiger partial charge is 0.457 e. The molecule has 2 rings (SSSR count). The Kier molecular flexibility index (Phi) is 4.13. The van der Waals surface area contributed by atoms with E-state index in [0.717, 1.165) is 33.2 Å². The minimum atomic E-state index is -0.464. The van der Waals surface area contributed by atoms with Crippen LogP contribution < -0.4 is 4.74 Å². The molecule has 2 nitrogen and oxygen atoms in total. The van der Waals surface area contributed by atoms with Gasteiger partial charge in [-0.1, -0.05) is 23.7 Å². The third-order valence-electron chi connectivity index (χ3n) is 3.01. The van der Waals surface area contributed by atoms with E-state index in [4.69, 9.17) is 16.3 Å². The van der Waals surface area contributed by atoms with Crippen molar-refractivity contribution in [2.45, 2.75) is 26.9 Å². The Morgan fingerprint density at radius 2 is 1.53 bits per heavy atom. The Morgan fingerprint density at radius 1 is 1.00 bits per heavy atom. The number of hydrogen-bond acceptors (Lipinski definition) is 2. The summed E-state index contributed by atoms with van der Waals surface area (Å²) in [5, 5.41) is 10.2. The van der Waals surface area contributed by atoms with Crippen molar-refractivity contribution in [3.63, 3.8) is 0 Å². The molecule has 0 heterocycles. The van der Waals surface area contributed by atoms with Gasteiger partial charge in [-0.2, -0.15) is 0 Å². The van der Waals surface area contributed by atoms with E-state index < -0.39 is 6.10 Å². The second kappa shape index (κ2) is 5.64. The standard InChI is InChI=1S/C16H17ClO2/c1-10-8-15(9-11(2)16(10)17)19-14-6-4-13(5-7-14)12(3)18/h4-9,12,18H,1-3H3/t12-/m1/s1. The number of hydrogen-bond donors (Lipinski definition) is 1. The van der Waals surface area contributed by atoms with Gasteiger partial charge in [0.15, 0.2) is 0 Å². The van der Waals surface area contributed by atoms with Gasteiger partial charge in [-0.05, 0) is 61.7 Å². The average Bonchev–Trinajstić information content (AvgIpc) is 2.36. The average molecular weight is 277 g/mol. The molecular formula is C16H17ClO2. The van der Waals surface area contributed by atoms with E-state index in [1.807, 2.05) is 50.2 Å². The molecule has 0 aliphatic heterocycles. The predicted molar refractivity (Wildman–Crippen MR) is 78.1 cm³/mol. The lowest BCUT2D eigenvalue weighted by Gasteiger charge is -2.11. The predicted octanol–water partition coefficient (Wildman–Crippen LogP) is 4.80. The molecule has 100 valence electrons. The summed E-state index contributed by atoms with van der Waals surface area (Å²) in [4.78, 5) is 0. The summed E-state index contributed by atoms with van der Waals surface area (Å²) in [6.07, 6.45) is -0.464. The van der Waals surface area contributed by atoms with Gasteiger partial charge in [-0.25, -0.2) is 0 Å². The molecule has 19 heavy (non-hydrogen) atoms. The molecule has 0 radical (unpaired) electrons. The fourth-order valence-electron chi connectivity index (χ4n) is 1.92. The fourth-order valence-corrected chi connectivity index (χ4v) is 2.02. The van der Waals surface area contributed by atoms with Crippen molar-refractivity contribution < 1.29 is 9.84 Å². The molecule has 2 aromatic carbocycles. The molecule has 0 saturated heterocycles. The molecule has 0 fully saturated rings. The topological polar surface area (TPSA) is 29.5 Å². The fraction of sp³-hybridized carbons (Fsp3) is 0.250. The van der Waals surface area contributed by atoms with Crippen molar-refractivity contribution >= 4 is 11.6 Å². The zero-order valence-electron chi connectivity index (χ0n) is 11.3. The number of aliphatic hydroxyl groups excluding tert-OH is 1. The Hall–Kier alpha value is -1.51. The van der Waals surface area contributed by atoms with Crippen LogP contribution in [0, 0.1) is 13.8 Å². The number of aryl methyl sites for hydroxylation is 2. The maximum Gasteiger partial charge on any atom is 0.128 e. The highest BCUT2D eigenvalue weighted by Crippen LogP contribution is 2.29. The van der Waals surface area contributed by atoms with E-state index in [1.54, 1.807) is 6.92 Å². The van der Waals surface area contributed by atoms with Gasteiger partial charge in [0.25, 0.3) is 0 Å². The molecule has 0 amide bonds. The van der Waals surface area contributed by atoms with Crippen LogP contribution >= 0.6 is 11.6 Å². The quantitative estimate of drug-likeness (QED) is 0.872. The van der Waals surface area contributed by atoms with Crippen molar-refractivity contribution in [1.82, 2.24) is 0 Å². The molecular weight excluding hydrogens is 260 g/mol. The first-order chi connectivity index (χ1) is 8.97. The van der Waals surface area contributed by atoms with Gasteiger partial charge in [0, 0.05) is 5.02 Å². The van der Waals surface area contributed by atoms with Crippen LogP contribution in [0.1, 0.15) is 29.7 Å². The van der Waals surface area contributed by atoms with Crippen molar-refractivity contribution in [1.29, 1.82) is 0 Å². The zero-order valence-corrected chi connectivity index (χ0v) is 12.0. The van der Waals surface area contributed by atoms with Gasteiger partial charge in [-0.3, -0.25) is 0 Å². The SMILES string of the molecule is Cc1cc(Oc2ccc([C@@H](C)O)cc2)cc(C)c1Cl. The van der Waals surface area contributed by atoms with Crippen LogP contribution in [0.5, 0.6) is 11.5 Å². The number of rotatable bonds is 3. The van der Waals surface area contributed by atoms with Gasteiger partial charge < -0.3 is 9.84 Å². The van der Waals surface area contributed by atoms with E-state index in [-0.39, 0.29) is 0 Å². The number of halogens is 1. The van der Waals surface area contributed by atoms with Gasteiger partial charge in [-0.15, -0.1) is 0 Å². The Morgan fingerprint density at radius 3 is 2.00 bits per heavy atom. The first-order valence-electron chi connectivity index (χ1n) is 6.20. The maximum absolute atomic E-state index is 9.45. The minimum Gasteiger partial charge on any atom is -0.457 e. The second-order valence-corrected chi connectivity index (χ2v) is 5.10. The Labute approximate surface area is 118 Å². The molecule has 0 aliphatic carbocycles. The monoisotopic (exact) mass is 276 g/mol. The highest BCUT2D eigenvalue weighted by molar-refractivity contribution is 6.32. The van der Waals surface area contributed by atoms with Crippen LogP contribution in [-0.4, -0.2) is 5.11 Å². The summed E-state index contributed by atoms with van der Waals surface area (Å²) in [6, 6.07) is 11.2. The Bertz CT molecular complexity index is 551. The first kappa shape index (κ1) is 13.9. The lowest BCUT2D eigenvalue weighted by atomic mass is 10.1. The lowest BCUT2D eigenvalue weighted by Crippen LogP contribution is -1.91. The molecule has 0 bridgehead atoms. The highest BCUT2D eigenvalue weighted by Gasteiger charge is 2.05. The molecule has 1 N–H and O–H groups in total. The summed E-state index contributed by atoms with van der Waals surface area (Å²) in [5.74, 6) is 1.51. The summed E-state index contributed by atoms with van der Waals surface area (Å²) < 4.78 is 5.79. The third kappa shape index (κ3) is 3.28. The molecule has 0 saturated carbocycles. The molecule has 0 aromatic heterocycles. The number of benzene rings is 2. The van der Waals surface area contributed by atoms with Crippen molar-refractivity contribution in [3.05, 3.63) is 58.1 Å². The van der Waals surface area contributed by atoms with Crippen LogP contribution in [0.25, 0.3) is 0 Å².